The van der Waals surface area contributed by atoms with Gasteiger partial charge in [-0.15, -0.1) is 0 Å². The zero-order valence-corrected chi connectivity index (χ0v) is 9.08. The molecule has 0 aromatic rings. The van der Waals surface area contributed by atoms with E-state index >= 15 is 0 Å². The number of Topliss-reactive ketones (excluding diaryl/α,β-unsaturated/α-hetero) is 1. The van der Waals surface area contributed by atoms with Crippen molar-refractivity contribution in [3.8, 4) is 23.7 Å². The molecule has 0 saturated heterocycles. The molecule has 1 N–H and O–H groups in total. The minimum Gasteiger partial charge on any atom is -0.371 e. The first kappa shape index (κ1) is 10.7. The standard InChI is InChI=1S/C14H12O2/c1-11-7-4-2-3-5-9-14(16)10-6-8-12(11)13(14)15/h2-3,8,11,16H,6,10H2,1H3/b3-2-/t11-,14?/m1/s1. The predicted octanol–water partition coefficient (Wildman–Crippen LogP) is 1.22. The SMILES string of the molecule is C[C@@H]1C#C/C=C\C#CC2(O)CCC=C1C2=O. The zero-order valence-electron chi connectivity index (χ0n) is 9.08. The summed E-state index contributed by atoms with van der Waals surface area (Å²) in [5.74, 6) is 10.6. The fourth-order valence-electron chi connectivity index (χ4n) is 1.87. The molecule has 0 aromatic carbocycles. The third-order valence-electron chi connectivity index (χ3n) is 2.80. The number of allylic oxidation sites excluding steroid dienone is 3. The average Bonchev–Trinajstić information content (AvgIpc) is 2.25. The normalized spacial score (nSPS) is 33.8. The number of carbonyl (C=O) groups excluding carboxylic acids is 1. The molecule has 0 saturated carbocycles. The molecule has 0 fully saturated rings. The summed E-state index contributed by atoms with van der Waals surface area (Å²) in [6, 6.07) is 0. The van der Waals surface area contributed by atoms with Crippen LogP contribution in [0.3, 0.4) is 0 Å². The molecule has 2 rings (SSSR count). The third kappa shape index (κ3) is 1.81. The summed E-state index contributed by atoms with van der Waals surface area (Å²) >= 11 is 0. The smallest absolute Gasteiger partial charge is 0.203 e. The molecule has 0 radical (unpaired) electrons. The lowest BCUT2D eigenvalue weighted by Crippen LogP contribution is -2.41. The van der Waals surface area contributed by atoms with Crippen LogP contribution in [0.4, 0.5) is 0 Å². The van der Waals surface area contributed by atoms with Crippen molar-refractivity contribution in [1.29, 1.82) is 0 Å². The Morgan fingerprint density at radius 2 is 2.19 bits per heavy atom. The highest BCUT2D eigenvalue weighted by Gasteiger charge is 2.39. The lowest BCUT2D eigenvalue weighted by atomic mass is 9.79. The monoisotopic (exact) mass is 212 g/mol. The number of carbonyl (C=O) groups is 1. The van der Waals surface area contributed by atoms with E-state index in [0.29, 0.717) is 18.4 Å². The van der Waals surface area contributed by atoms with Crippen LogP contribution in [-0.4, -0.2) is 16.5 Å². The number of rotatable bonds is 0. The maximum atomic E-state index is 12.1. The maximum absolute atomic E-state index is 12.1. The number of hydrogen-bond donors (Lipinski definition) is 1. The molecule has 2 heteroatoms. The Hall–Kier alpha value is -1.77. The number of aliphatic hydroxyl groups is 1. The van der Waals surface area contributed by atoms with E-state index in [4.69, 9.17) is 0 Å². The van der Waals surface area contributed by atoms with E-state index in [1.54, 1.807) is 12.2 Å². The van der Waals surface area contributed by atoms with Gasteiger partial charge in [-0.3, -0.25) is 4.79 Å². The molecule has 2 bridgehead atoms. The van der Waals surface area contributed by atoms with Crippen molar-refractivity contribution >= 4 is 5.78 Å². The summed E-state index contributed by atoms with van der Waals surface area (Å²) in [6.07, 6.45) is 6.11. The van der Waals surface area contributed by atoms with Crippen LogP contribution >= 0.6 is 0 Å². The van der Waals surface area contributed by atoms with Crippen molar-refractivity contribution < 1.29 is 9.90 Å². The summed E-state index contributed by atoms with van der Waals surface area (Å²) in [6.45, 7) is 1.87. The van der Waals surface area contributed by atoms with Crippen LogP contribution in [0, 0.1) is 29.6 Å². The van der Waals surface area contributed by atoms with Crippen molar-refractivity contribution in [3.63, 3.8) is 0 Å². The van der Waals surface area contributed by atoms with Gasteiger partial charge in [0.15, 0.2) is 5.60 Å². The van der Waals surface area contributed by atoms with Gasteiger partial charge in [-0.05, 0) is 31.9 Å². The first-order chi connectivity index (χ1) is 7.63. The van der Waals surface area contributed by atoms with Gasteiger partial charge in [0, 0.05) is 11.5 Å². The minimum atomic E-state index is -1.51. The van der Waals surface area contributed by atoms with Gasteiger partial charge in [-0.2, -0.15) is 0 Å². The summed E-state index contributed by atoms with van der Waals surface area (Å²) in [5, 5.41) is 10.2. The van der Waals surface area contributed by atoms with Gasteiger partial charge in [0.05, 0.1) is 0 Å². The van der Waals surface area contributed by atoms with Gasteiger partial charge >= 0.3 is 0 Å². The van der Waals surface area contributed by atoms with Gasteiger partial charge in [0.25, 0.3) is 0 Å². The first-order valence-corrected chi connectivity index (χ1v) is 5.29. The topological polar surface area (TPSA) is 37.3 Å². The van der Waals surface area contributed by atoms with E-state index in [9.17, 15) is 9.90 Å². The lowest BCUT2D eigenvalue weighted by molar-refractivity contribution is -0.129. The van der Waals surface area contributed by atoms with E-state index < -0.39 is 5.60 Å². The quantitative estimate of drug-likeness (QED) is 0.613. The van der Waals surface area contributed by atoms with Crippen LogP contribution in [0.15, 0.2) is 23.8 Å². The Labute approximate surface area is 95.0 Å². The summed E-state index contributed by atoms with van der Waals surface area (Å²) in [4.78, 5) is 12.1. The molecule has 2 aliphatic rings. The highest BCUT2D eigenvalue weighted by molar-refractivity contribution is 6.05. The maximum Gasteiger partial charge on any atom is 0.203 e. The molecule has 1 unspecified atom stereocenters. The number of hydrogen-bond acceptors (Lipinski definition) is 2. The van der Waals surface area contributed by atoms with Crippen LogP contribution < -0.4 is 0 Å². The molecule has 2 atom stereocenters. The highest BCUT2D eigenvalue weighted by atomic mass is 16.3. The summed E-state index contributed by atoms with van der Waals surface area (Å²) in [7, 11) is 0. The third-order valence-corrected chi connectivity index (χ3v) is 2.80. The van der Waals surface area contributed by atoms with Crippen molar-refractivity contribution in [2.45, 2.75) is 25.4 Å². The molecule has 2 aliphatic carbocycles. The molecular weight excluding hydrogens is 200 g/mol. The lowest BCUT2D eigenvalue weighted by Gasteiger charge is -2.27. The second kappa shape index (κ2) is 4.00. The molecule has 0 aliphatic heterocycles. The Morgan fingerprint density at radius 3 is 3.00 bits per heavy atom. The molecule has 16 heavy (non-hydrogen) atoms. The molecule has 80 valence electrons. The fourth-order valence-corrected chi connectivity index (χ4v) is 1.87. The Kier molecular flexibility index (Phi) is 2.69. The van der Waals surface area contributed by atoms with Crippen LogP contribution in [-0.2, 0) is 4.79 Å². The van der Waals surface area contributed by atoms with E-state index in [0.717, 1.165) is 0 Å². The molecule has 0 heterocycles. The summed E-state index contributed by atoms with van der Waals surface area (Å²) < 4.78 is 0. The minimum absolute atomic E-state index is 0.149. The molecule has 0 spiro atoms. The van der Waals surface area contributed by atoms with E-state index in [-0.39, 0.29) is 11.7 Å². The first-order valence-electron chi connectivity index (χ1n) is 5.29. The van der Waals surface area contributed by atoms with Crippen molar-refractivity contribution in [3.05, 3.63) is 23.8 Å². The molecule has 0 amide bonds. The number of fused-ring (bicyclic) bond motifs is 2. The van der Waals surface area contributed by atoms with Gasteiger partial charge in [0.1, 0.15) is 0 Å². The van der Waals surface area contributed by atoms with E-state index in [2.05, 4.69) is 23.7 Å². The number of ketones is 1. The zero-order chi connectivity index (χ0) is 11.6. The molecule has 2 nitrogen and oxygen atoms in total. The van der Waals surface area contributed by atoms with Gasteiger partial charge in [0.2, 0.25) is 5.78 Å². The molecule has 0 aromatic heterocycles. The predicted molar refractivity (Wildman–Crippen MR) is 61.1 cm³/mol. The van der Waals surface area contributed by atoms with Crippen molar-refractivity contribution in [1.82, 2.24) is 0 Å². The van der Waals surface area contributed by atoms with E-state index in [1.165, 1.54) is 0 Å². The van der Waals surface area contributed by atoms with E-state index in [1.807, 2.05) is 13.0 Å². The van der Waals surface area contributed by atoms with Crippen molar-refractivity contribution in [2.75, 3.05) is 0 Å². The average molecular weight is 212 g/mol. The molecular formula is C14H12O2. The highest BCUT2D eigenvalue weighted by Crippen LogP contribution is 2.28. The van der Waals surface area contributed by atoms with Crippen LogP contribution in [0.5, 0.6) is 0 Å². The second-order valence-corrected chi connectivity index (χ2v) is 4.00. The van der Waals surface area contributed by atoms with Gasteiger partial charge < -0.3 is 5.11 Å². The Bertz CT molecular complexity index is 502. The Balaban J connectivity index is 2.53. The summed E-state index contributed by atoms with van der Waals surface area (Å²) in [5.41, 5.74) is -0.923. The van der Waals surface area contributed by atoms with Crippen molar-refractivity contribution in [2.24, 2.45) is 5.92 Å². The van der Waals surface area contributed by atoms with Gasteiger partial charge in [-0.25, -0.2) is 0 Å². The largest absolute Gasteiger partial charge is 0.371 e. The van der Waals surface area contributed by atoms with Crippen LogP contribution in [0.25, 0.3) is 0 Å². The second-order valence-electron chi connectivity index (χ2n) is 4.00. The van der Waals surface area contributed by atoms with Crippen LogP contribution in [0.1, 0.15) is 19.8 Å². The van der Waals surface area contributed by atoms with Crippen LogP contribution in [0.2, 0.25) is 0 Å². The fraction of sp³-hybridized carbons (Fsp3) is 0.357. The Morgan fingerprint density at radius 1 is 1.44 bits per heavy atom. The van der Waals surface area contributed by atoms with Gasteiger partial charge in [-0.1, -0.05) is 29.8 Å².